The zero-order valence-corrected chi connectivity index (χ0v) is 14.0. The number of fused-ring (bicyclic) bond motifs is 1. The van der Waals surface area contributed by atoms with Crippen molar-refractivity contribution >= 4 is 34.4 Å². The molecule has 7 heteroatoms. The van der Waals surface area contributed by atoms with Gasteiger partial charge in [-0.1, -0.05) is 0 Å². The first-order valence-electron chi connectivity index (χ1n) is 7.23. The van der Waals surface area contributed by atoms with E-state index in [9.17, 15) is 4.79 Å². The summed E-state index contributed by atoms with van der Waals surface area (Å²) in [5, 5.41) is 8.80. The lowest BCUT2D eigenvalue weighted by atomic mass is 10.2. The molecule has 3 rings (SSSR count). The molecule has 0 bridgehead atoms. The third-order valence-electron chi connectivity index (χ3n) is 3.39. The molecule has 0 saturated carbocycles. The number of carbonyl (C=O) groups excluding carboxylic acids is 1. The van der Waals surface area contributed by atoms with E-state index in [1.165, 1.54) is 11.8 Å². The van der Waals surface area contributed by atoms with Crippen LogP contribution < -0.4 is 5.32 Å². The van der Waals surface area contributed by atoms with Crippen molar-refractivity contribution in [1.29, 1.82) is 0 Å². The van der Waals surface area contributed by atoms with Crippen LogP contribution in [0.15, 0.2) is 41.8 Å². The average molecular weight is 327 g/mol. The van der Waals surface area contributed by atoms with Crippen LogP contribution in [0.4, 0.5) is 5.69 Å². The van der Waals surface area contributed by atoms with Gasteiger partial charge in [0.2, 0.25) is 0 Å². The number of nitrogens with one attached hydrogen (secondary N) is 1. The quantitative estimate of drug-likeness (QED) is 0.744. The van der Waals surface area contributed by atoms with E-state index in [4.69, 9.17) is 0 Å². The number of aromatic nitrogens is 4. The predicted molar refractivity (Wildman–Crippen MR) is 91.9 cm³/mol. The standard InChI is InChI=1S/C16H17N5OS/c1-10(2)21-14-11(8-19-21)7-12(9-18-14)20-15(22)13-5-4-6-17-16(13)23-3/h4-10H,1-3H3,(H,20,22). The van der Waals surface area contributed by atoms with Gasteiger partial charge in [0, 0.05) is 17.6 Å². The number of thioether (sulfide) groups is 1. The first-order chi connectivity index (χ1) is 11.1. The van der Waals surface area contributed by atoms with Crippen molar-refractivity contribution in [3.05, 3.63) is 42.4 Å². The zero-order chi connectivity index (χ0) is 16.4. The van der Waals surface area contributed by atoms with E-state index in [1.807, 2.05) is 17.0 Å². The summed E-state index contributed by atoms with van der Waals surface area (Å²) < 4.78 is 1.86. The van der Waals surface area contributed by atoms with Gasteiger partial charge in [0.05, 0.1) is 23.6 Å². The normalized spacial score (nSPS) is 11.1. The van der Waals surface area contributed by atoms with Crippen molar-refractivity contribution in [3.63, 3.8) is 0 Å². The molecule has 1 N–H and O–H groups in total. The monoisotopic (exact) mass is 327 g/mol. The van der Waals surface area contributed by atoms with E-state index in [2.05, 4.69) is 34.2 Å². The van der Waals surface area contributed by atoms with Crippen LogP contribution in [0.1, 0.15) is 30.2 Å². The lowest BCUT2D eigenvalue weighted by Gasteiger charge is -2.09. The van der Waals surface area contributed by atoms with Gasteiger partial charge in [0.25, 0.3) is 5.91 Å². The Balaban J connectivity index is 1.88. The number of nitrogens with zero attached hydrogens (tertiary/aromatic N) is 4. The molecule has 0 saturated heterocycles. The third kappa shape index (κ3) is 3.05. The molecular formula is C16H17N5OS. The van der Waals surface area contributed by atoms with Crippen LogP contribution in [0.25, 0.3) is 11.0 Å². The Labute approximate surface area is 138 Å². The minimum absolute atomic E-state index is 0.195. The fourth-order valence-electron chi connectivity index (χ4n) is 2.31. The Kier molecular flexibility index (Phi) is 4.29. The molecule has 0 aromatic carbocycles. The second-order valence-electron chi connectivity index (χ2n) is 5.33. The number of amides is 1. The Morgan fingerprint density at radius 2 is 2.13 bits per heavy atom. The lowest BCUT2D eigenvalue weighted by molar-refractivity contribution is 0.102. The minimum atomic E-state index is -0.195. The van der Waals surface area contributed by atoms with Crippen LogP contribution in [0.2, 0.25) is 0 Å². The van der Waals surface area contributed by atoms with Gasteiger partial charge in [-0.3, -0.25) is 4.79 Å². The van der Waals surface area contributed by atoms with E-state index < -0.39 is 0 Å². The molecule has 0 aliphatic carbocycles. The Hall–Kier alpha value is -2.41. The molecule has 118 valence electrons. The summed E-state index contributed by atoms with van der Waals surface area (Å²) in [5.41, 5.74) is 2.00. The Morgan fingerprint density at radius 1 is 1.30 bits per heavy atom. The second kappa shape index (κ2) is 6.37. The summed E-state index contributed by atoms with van der Waals surface area (Å²) >= 11 is 1.44. The number of rotatable bonds is 4. The van der Waals surface area contributed by atoms with E-state index in [0.29, 0.717) is 16.3 Å². The number of carbonyl (C=O) groups is 1. The van der Waals surface area contributed by atoms with Gasteiger partial charge < -0.3 is 5.32 Å². The van der Waals surface area contributed by atoms with Crippen LogP contribution in [0, 0.1) is 0 Å². The molecule has 23 heavy (non-hydrogen) atoms. The number of pyridine rings is 2. The van der Waals surface area contributed by atoms with Crippen LogP contribution >= 0.6 is 11.8 Å². The SMILES string of the molecule is CSc1ncccc1C(=O)Nc1cnc2c(cnn2C(C)C)c1. The smallest absolute Gasteiger partial charge is 0.258 e. The second-order valence-corrected chi connectivity index (χ2v) is 6.13. The van der Waals surface area contributed by atoms with Crippen molar-refractivity contribution in [1.82, 2.24) is 19.7 Å². The lowest BCUT2D eigenvalue weighted by Crippen LogP contribution is -2.13. The van der Waals surface area contributed by atoms with Gasteiger partial charge in [-0.25, -0.2) is 14.6 Å². The predicted octanol–water partition coefficient (Wildman–Crippen LogP) is 3.38. The van der Waals surface area contributed by atoms with Crippen molar-refractivity contribution in [3.8, 4) is 0 Å². The van der Waals surface area contributed by atoms with Crippen LogP contribution in [0.3, 0.4) is 0 Å². The van der Waals surface area contributed by atoms with Crippen molar-refractivity contribution < 1.29 is 4.79 Å². The molecule has 1 amide bonds. The molecule has 0 atom stereocenters. The summed E-state index contributed by atoms with van der Waals surface area (Å²) in [6.45, 7) is 4.10. The fraction of sp³-hybridized carbons (Fsp3) is 0.250. The number of hydrogen-bond acceptors (Lipinski definition) is 5. The van der Waals surface area contributed by atoms with Crippen molar-refractivity contribution in [2.45, 2.75) is 24.9 Å². The number of hydrogen-bond donors (Lipinski definition) is 1. The van der Waals surface area contributed by atoms with Crippen LogP contribution in [0.5, 0.6) is 0 Å². The maximum absolute atomic E-state index is 12.4. The molecule has 6 nitrogen and oxygen atoms in total. The maximum atomic E-state index is 12.4. The Morgan fingerprint density at radius 3 is 2.87 bits per heavy atom. The van der Waals surface area contributed by atoms with Gasteiger partial charge in [-0.15, -0.1) is 11.8 Å². The molecule has 0 aliphatic rings. The van der Waals surface area contributed by atoms with E-state index in [-0.39, 0.29) is 11.9 Å². The van der Waals surface area contributed by atoms with Gasteiger partial charge in [0.15, 0.2) is 5.65 Å². The van der Waals surface area contributed by atoms with E-state index in [0.717, 1.165) is 11.0 Å². The highest BCUT2D eigenvalue weighted by molar-refractivity contribution is 7.98. The third-order valence-corrected chi connectivity index (χ3v) is 4.10. The van der Waals surface area contributed by atoms with Gasteiger partial charge in [-0.05, 0) is 38.3 Å². The highest BCUT2D eigenvalue weighted by Crippen LogP contribution is 2.21. The molecule has 3 aromatic rings. The summed E-state index contributed by atoms with van der Waals surface area (Å²) in [4.78, 5) is 21.1. The molecule has 0 fully saturated rings. The number of anilines is 1. The van der Waals surface area contributed by atoms with Crippen molar-refractivity contribution in [2.24, 2.45) is 0 Å². The van der Waals surface area contributed by atoms with Crippen LogP contribution in [-0.4, -0.2) is 31.9 Å². The molecule has 0 radical (unpaired) electrons. The molecule has 3 aromatic heterocycles. The minimum Gasteiger partial charge on any atom is -0.320 e. The van der Waals surface area contributed by atoms with E-state index in [1.54, 1.807) is 30.7 Å². The summed E-state index contributed by atoms with van der Waals surface area (Å²) in [7, 11) is 0. The molecule has 0 spiro atoms. The van der Waals surface area contributed by atoms with Crippen LogP contribution in [-0.2, 0) is 0 Å². The summed E-state index contributed by atoms with van der Waals surface area (Å²) in [5.74, 6) is -0.195. The largest absolute Gasteiger partial charge is 0.320 e. The molecule has 0 unspecified atom stereocenters. The fourth-order valence-corrected chi connectivity index (χ4v) is 2.86. The highest BCUT2D eigenvalue weighted by atomic mass is 32.2. The zero-order valence-electron chi connectivity index (χ0n) is 13.1. The van der Waals surface area contributed by atoms with Gasteiger partial charge in [0.1, 0.15) is 5.03 Å². The molecule has 3 heterocycles. The first kappa shape index (κ1) is 15.5. The maximum Gasteiger partial charge on any atom is 0.258 e. The summed E-state index contributed by atoms with van der Waals surface area (Å²) in [6.07, 6.45) is 6.98. The highest BCUT2D eigenvalue weighted by Gasteiger charge is 2.13. The van der Waals surface area contributed by atoms with Crippen molar-refractivity contribution in [2.75, 3.05) is 11.6 Å². The van der Waals surface area contributed by atoms with Gasteiger partial charge in [-0.2, -0.15) is 5.10 Å². The first-order valence-corrected chi connectivity index (χ1v) is 8.46. The summed E-state index contributed by atoms with van der Waals surface area (Å²) in [6, 6.07) is 5.63. The van der Waals surface area contributed by atoms with Gasteiger partial charge >= 0.3 is 0 Å². The topological polar surface area (TPSA) is 72.7 Å². The molecular weight excluding hydrogens is 310 g/mol. The molecule has 0 aliphatic heterocycles. The average Bonchev–Trinajstić information content (AvgIpc) is 2.98. The Bertz CT molecular complexity index is 859. The van der Waals surface area contributed by atoms with E-state index >= 15 is 0 Å².